The molecule has 19 heavy (non-hydrogen) atoms. The van der Waals surface area contributed by atoms with Gasteiger partial charge in [0.1, 0.15) is 11.3 Å². The molecule has 0 saturated carbocycles. The summed E-state index contributed by atoms with van der Waals surface area (Å²) in [5.74, 6) is -1.32. The second-order valence-corrected chi connectivity index (χ2v) is 5.25. The van der Waals surface area contributed by atoms with Crippen LogP contribution in [0.4, 0.5) is 4.39 Å². The minimum atomic E-state index is -0.909. The minimum absolute atomic E-state index is 0.0678. The molecule has 1 unspecified atom stereocenters. The predicted molar refractivity (Wildman–Crippen MR) is 73.1 cm³/mol. The fourth-order valence-electron chi connectivity index (χ4n) is 1.90. The zero-order valence-electron chi connectivity index (χ0n) is 10.8. The van der Waals surface area contributed by atoms with Gasteiger partial charge in [-0.1, -0.05) is 24.8 Å². The molecule has 102 valence electrons. The van der Waals surface area contributed by atoms with Crippen molar-refractivity contribution < 1.29 is 14.3 Å². The number of carboxylic acids is 1. The molecule has 0 amide bonds. The van der Waals surface area contributed by atoms with Gasteiger partial charge in [0.05, 0.1) is 11.3 Å². The summed E-state index contributed by atoms with van der Waals surface area (Å²) in [4.78, 5) is 15.0. The number of aromatic nitrogens is 2. The number of thioether (sulfide) groups is 1. The minimum Gasteiger partial charge on any atom is -0.481 e. The normalized spacial score (nSPS) is 12.8. The summed E-state index contributed by atoms with van der Waals surface area (Å²) in [6, 6.07) is 4.81. The highest BCUT2D eigenvalue weighted by molar-refractivity contribution is 7.99. The van der Waals surface area contributed by atoms with E-state index in [0.29, 0.717) is 16.2 Å². The lowest BCUT2D eigenvalue weighted by Gasteiger charge is -2.15. The molecule has 0 saturated heterocycles. The fraction of sp³-hybridized carbons (Fsp3) is 0.385. The van der Waals surface area contributed by atoms with Crippen molar-refractivity contribution in [3.05, 3.63) is 24.0 Å². The third kappa shape index (κ3) is 2.73. The van der Waals surface area contributed by atoms with Gasteiger partial charge >= 0.3 is 5.97 Å². The van der Waals surface area contributed by atoms with Crippen LogP contribution in [-0.2, 0) is 4.79 Å². The molecule has 0 aliphatic carbocycles. The Kier molecular flexibility index (Phi) is 4.09. The van der Waals surface area contributed by atoms with Crippen LogP contribution in [0.2, 0.25) is 0 Å². The maximum absolute atomic E-state index is 14.0. The van der Waals surface area contributed by atoms with Crippen LogP contribution in [0.1, 0.15) is 26.3 Å². The summed E-state index contributed by atoms with van der Waals surface area (Å²) in [7, 11) is 0. The summed E-state index contributed by atoms with van der Waals surface area (Å²) in [6.07, 6.45) is 0.820. The maximum Gasteiger partial charge on any atom is 0.313 e. The molecule has 1 atom stereocenters. The van der Waals surface area contributed by atoms with Crippen molar-refractivity contribution in [2.45, 2.75) is 31.5 Å². The number of nitrogens with zero attached hydrogens (tertiary/aromatic N) is 2. The van der Waals surface area contributed by atoms with Crippen LogP contribution < -0.4 is 0 Å². The van der Waals surface area contributed by atoms with Crippen LogP contribution in [0, 0.1) is 5.82 Å². The number of hydrogen-bond donors (Lipinski definition) is 1. The molecule has 0 fully saturated rings. The highest BCUT2D eigenvalue weighted by atomic mass is 32.2. The van der Waals surface area contributed by atoms with Gasteiger partial charge in [-0.25, -0.2) is 9.37 Å². The quantitative estimate of drug-likeness (QED) is 0.855. The number of fused-ring (bicyclic) bond motifs is 1. The first-order valence-electron chi connectivity index (χ1n) is 6.05. The van der Waals surface area contributed by atoms with Crippen molar-refractivity contribution >= 4 is 28.8 Å². The Balaban J connectivity index is 2.55. The number of para-hydroxylation sites is 1. The Morgan fingerprint density at radius 2 is 2.32 bits per heavy atom. The molecule has 1 aromatic heterocycles. The molecule has 1 heterocycles. The van der Waals surface area contributed by atoms with E-state index >= 15 is 0 Å². The van der Waals surface area contributed by atoms with Gasteiger partial charge in [-0.15, -0.1) is 0 Å². The van der Waals surface area contributed by atoms with Gasteiger partial charge in [-0.2, -0.15) is 0 Å². The average molecular weight is 282 g/mol. The van der Waals surface area contributed by atoms with Crippen molar-refractivity contribution in [3.63, 3.8) is 0 Å². The van der Waals surface area contributed by atoms with Gasteiger partial charge < -0.3 is 9.67 Å². The summed E-state index contributed by atoms with van der Waals surface area (Å²) < 4.78 is 15.8. The Morgan fingerprint density at radius 1 is 1.58 bits per heavy atom. The van der Waals surface area contributed by atoms with Crippen molar-refractivity contribution in [1.82, 2.24) is 9.55 Å². The van der Waals surface area contributed by atoms with E-state index in [1.165, 1.54) is 6.07 Å². The van der Waals surface area contributed by atoms with Crippen LogP contribution >= 0.6 is 11.8 Å². The van der Waals surface area contributed by atoms with Gasteiger partial charge in [0, 0.05) is 6.04 Å². The van der Waals surface area contributed by atoms with Gasteiger partial charge in [0.15, 0.2) is 5.16 Å². The summed E-state index contributed by atoms with van der Waals surface area (Å²) in [5.41, 5.74) is 1.01. The van der Waals surface area contributed by atoms with Crippen LogP contribution in [0.3, 0.4) is 0 Å². The van der Waals surface area contributed by atoms with E-state index in [9.17, 15) is 9.18 Å². The molecular weight excluding hydrogens is 267 g/mol. The van der Waals surface area contributed by atoms with E-state index in [2.05, 4.69) is 4.98 Å². The number of aliphatic carboxylic acids is 1. The number of hydrogen-bond acceptors (Lipinski definition) is 3. The summed E-state index contributed by atoms with van der Waals surface area (Å²) >= 11 is 1.12. The van der Waals surface area contributed by atoms with Gasteiger partial charge in [0.2, 0.25) is 0 Å². The second kappa shape index (κ2) is 5.61. The first-order valence-corrected chi connectivity index (χ1v) is 7.04. The SMILES string of the molecule is CCC(C)n1c(SCC(=O)O)nc2cccc(F)c21. The Hall–Kier alpha value is -1.56. The van der Waals surface area contributed by atoms with Crippen LogP contribution in [0.15, 0.2) is 23.4 Å². The number of rotatable bonds is 5. The molecule has 0 radical (unpaired) electrons. The lowest BCUT2D eigenvalue weighted by atomic mass is 10.2. The molecule has 0 spiro atoms. The number of carboxylic acid groups (broad SMARTS) is 1. The van der Waals surface area contributed by atoms with Crippen molar-refractivity contribution in [2.24, 2.45) is 0 Å². The standard InChI is InChI=1S/C13H15FN2O2S/c1-3-8(2)16-12-9(14)5-4-6-10(12)15-13(16)19-7-11(17)18/h4-6,8H,3,7H2,1-2H3,(H,17,18). The van der Waals surface area contributed by atoms with Gasteiger partial charge in [-0.3, -0.25) is 4.79 Å². The number of imidazole rings is 1. The smallest absolute Gasteiger partial charge is 0.313 e. The van der Waals surface area contributed by atoms with Crippen molar-refractivity contribution in [2.75, 3.05) is 5.75 Å². The molecule has 4 nitrogen and oxygen atoms in total. The zero-order chi connectivity index (χ0) is 14.0. The lowest BCUT2D eigenvalue weighted by Crippen LogP contribution is -2.08. The molecule has 1 aromatic carbocycles. The first-order chi connectivity index (χ1) is 9.04. The molecule has 0 bridgehead atoms. The molecule has 0 aliphatic heterocycles. The predicted octanol–water partition coefficient (Wildman–Crippen LogP) is 3.32. The third-order valence-corrected chi connectivity index (χ3v) is 3.92. The zero-order valence-corrected chi connectivity index (χ0v) is 11.6. The Morgan fingerprint density at radius 3 is 2.95 bits per heavy atom. The van der Waals surface area contributed by atoms with Crippen LogP contribution in [-0.4, -0.2) is 26.4 Å². The molecule has 1 N–H and O–H groups in total. The fourth-order valence-corrected chi connectivity index (χ4v) is 2.73. The average Bonchev–Trinajstić information content (AvgIpc) is 2.75. The third-order valence-electron chi connectivity index (χ3n) is 2.98. The molecule has 6 heteroatoms. The lowest BCUT2D eigenvalue weighted by molar-refractivity contribution is -0.133. The van der Waals surface area contributed by atoms with E-state index in [1.807, 2.05) is 13.8 Å². The van der Waals surface area contributed by atoms with Crippen molar-refractivity contribution in [3.8, 4) is 0 Å². The molecule has 2 aromatic rings. The molecular formula is C13H15FN2O2S. The van der Waals surface area contributed by atoms with Gasteiger partial charge in [-0.05, 0) is 25.5 Å². The number of halogens is 1. The first kappa shape index (κ1) is 13.9. The van der Waals surface area contributed by atoms with E-state index in [1.54, 1.807) is 16.7 Å². The second-order valence-electron chi connectivity index (χ2n) is 4.31. The monoisotopic (exact) mass is 282 g/mol. The van der Waals surface area contributed by atoms with E-state index in [4.69, 9.17) is 5.11 Å². The van der Waals surface area contributed by atoms with Gasteiger partial charge in [0.25, 0.3) is 0 Å². The maximum atomic E-state index is 14.0. The number of carbonyl (C=O) groups is 1. The van der Waals surface area contributed by atoms with Crippen LogP contribution in [0.5, 0.6) is 0 Å². The molecule has 0 aliphatic rings. The van der Waals surface area contributed by atoms with E-state index in [0.717, 1.165) is 18.2 Å². The Labute approximate surface area is 114 Å². The number of benzene rings is 1. The summed E-state index contributed by atoms with van der Waals surface area (Å²) in [5, 5.41) is 9.31. The largest absolute Gasteiger partial charge is 0.481 e. The highest BCUT2D eigenvalue weighted by Crippen LogP contribution is 2.30. The van der Waals surface area contributed by atoms with Crippen LogP contribution in [0.25, 0.3) is 11.0 Å². The summed E-state index contributed by atoms with van der Waals surface area (Å²) in [6.45, 7) is 3.97. The van der Waals surface area contributed by atoms with E-state index < -0.39 is 5.97 Å². The topological polar surface area (TPSA) is 55.1 Å². The van der Waals surface area contributed by atoms with E-state index in [-0.39, 0.29) is 17.6 Å². The highest BCUT2D eigenvalue weighted by Gasteiger charge is 2.18. The Bertz CT molecular complexity index is 612. The molecule has 2 rings (SSSR count). The van der Waals surface area contributed by atoms with Crippen molar-refractivity contribution in [1.29, 1.82) is 0 Å².